The number of hydrogen-bond acceptors (Lipinski definition) is 5. The van der Waals surface area contributed by atoms with E-state index in [1.807, 2.05) is 18.9 Å². The van der Waals surface area contributed by atoms with Crippen LogP contribution in [-0.2, 0) is 17.5 Å². The molecule has 41 heavy (non-hydrogen) atoms. The van der Waals surface area contributed by atoms with Crippen molar-refractivity contribution in [1.82, 2.24) is 9.80 Å². The number of likely N-dealkylation sites (N-methyl/N-ethyl adjacent to an activating group) is 1. The zero-order valence-corrected chi connectivity index (χ0v) is 23.9. The molecule has 4 rings (SSSR count). The molecule has 2 amide bonds. The molecule has 0 unspecified atom stereocenters. The fraction of sp³-hybridized carbons (Fsp3) is 0.548. The molecule has 10 heteroatoms. The van der Waals surface area contributed by atoms with E-state index in [9.17, 15) is 27.9 Å². The first-order valence-corrected chi connectivity index (χ1v) is 14.3. The number of anilines is 1. The van der Waals surface area contributed by atoms with Gasteiger partial charge in [0.1, 0.15) is 6.10 Å². The Labute approximate surface area is 239 Å². The van der Waals surface area contributed by atoms with Crippen LogP contribution in [0.3, 0.4) is 0 Å². The van der Waals surface area contributed by atoms with Gasteiger partial charge in [-0.05, 0) is 56.6 Å². The van der Waals surface area contributed by atoms with E-state index in [0.717, 1.165) is 49.8 Å². The summed E-state index contributed by atoms with van der Waals surface area (Å²) in [7, 11) is 1.86. The van der Waals surface area contributed by atoms with E-state index >= 15 is 0 Å². The molecule has 0 bridgehead atoms. The number of nitrogens with one attached hydrogen (secondary N) is 1. The quantitative estimate of drug-likeness (QED) is 0.430. The maximum atomic E-state index is 13.7. The van der Waals surface area contributed by atoms with Gasteiger partial charge in [0.15, 0.2) is 5.75 Å². The van der Waals surface area contributed by atoms with Crippen molar-refractivity contribution < 1.29 is 32.6 Å². The van der Waals surface area contributed by atoms with Crippen molar-refractivity contribution in [2.75, 3.05) is 32.1 Å². The Morgan fingerprint density at radius 3 is 2.46 bits per heavy atom. The van der Waals surface area contributed by atoms with Gasteiger partial charge in [-0.1, -0.05) is 44.4 Å². The van der Waals surface area contributed by atoms with Gasteiger partial charge < -0.3 is 20.1 Å². The maximum absolute atomic E-state index is 13.7. The summed E-state index contributed by atoms with van der Waals surface area (Å²) in [5.41, 5.74) is 0.787. The fourth-order valence-corrected chi connectivity index (χ4v) is 5.64. The van der Waals surface area contributed by atoms with E-state index in [2.05, 4.69) is 5.32 Å². The number of para-hydroxylation sites is 1. The highest BCUT2D eigenvalue weighted by atomic mass is 19.4. The molecule has 2 N–H and O–H groups in total. The molecule has 3 atom stereocenters. The molecule has 1 fully saturated rings. The third kappa shape index (κ3) is 7.60. The van der Waals surface area contributed by atoms with E-state index in [4.69, 9.17) is 4.74 Å². The van der Waals surface area contributed by atoms with E-state index < -0.39 is 23.9 Å². The molecular weight excluding hydrogens is 535 g/mol. The minimum atomic E-state index is -4.39. The number of alkyl halides is 3. The Morgan fingerprint density at radius 2 is 1.83 bits per heavy atom. The van der Waals surface area contributed by atoms with Crippen molar-refractivity contribution >= 4 is 17.5 Å². The lowest BCUT2D eigenvalue weighted by Gasteiger charge is -2.38. The second-order valence-electron chi connectivity index (χ2n) is 11.5. The Hall–Kier alpha value is -3.11. The second kappa shape index (κ2) is 13.2. The number of carbonyl (C=O) groups is 2. The number of halogens is 3. The number of aliphatic hydroxyl groups is 1. The van der Waals surface area contributed by atoms with E-state index in [-0.39, 0.29) is 30.3 Å². The molecule has 0 aromatic heterocycles. The molecule has 1 aliphatic carbocycles. The van der Waals surface area contributed by atoms with Crippen LogP contribution in [-0.4, -0.2) is 65.6 Å². The Morgan fingerprint density at radius 1 is 1.15 bits per heavy atom. The third-order valence-corrected chi connectivity index (χ3v) is 8.15. The van der Waals surface area contributed by atoms with Gasteiger partial charge >= 0.3 is 6.18 Å². The molecule has 2 aromatic carbocycles. The largest absolute Gasteiger partial charge is 0.486 e. The summed E-state index contributed by atoms with van der Waals surface area (Å²) in [5.74, 6) is -0.298. The first kappa shape index (κ1) is 30.8. The van der Waals surface area contributed by atoms with Crippen LogP contribution in [0.1, 0.15) is 67.4 Å². The summed E-state index contributed by atoms with van der Waals surface area (Å²) in [4.78, 5) is 30.4. The predicted octanol–water partition coefficient (Wildman–Crippen LogP) is 5.58. The van der Waals surface area contributed by atoms with Crippen LogP contribution in [0.25, 0.3) is 0 Å². The normalized spacial score (nSPS) is 21.1. The first-order valence-electron chi connectivity index (χ1n) is 14.3. The van der Waals surface area contributed by atoms with Gasteiger partial charge in [-0.15, -0.1) is 0 Å². The smallest absolute Gasteiger partial charge is 0.416 e. The van der Waals surface area contributed by atoms with Crippen LogP contribution >= 0.6 is 0 Å². The summed E-state index contributed by atoms with van der Waals surface area (Å²) < 4.78 is 45.5. The number of benzene rings is 2. The molecule has 1 heterocycles. The SMILES string of the molecule is C[C@H]1CN([C@@H](C)CO)C(=O)c2cccc(NC(=O)C3CCCCC3)c2O[C@H]1CN(C)Cc1ccc(C(F)(F)F)cc1. The molecule has 0 spiro atoms. The van der Waals surface area contributed by atoms with Crippen LogP contribution < -0.4 is 10.1 Å². The van der Waals surface area contributed by atoms with Gasteiger partial charge in [0.05, 0.1) is 29.5 Å². The lowest BCUT2D eigenvalue weighted by Crippen LogP contribution is -2.49. The highest BCUT2D eigenvalue weighted by Gasteiger charge is 2.35. The summed E-state index contributed by atoms with van der Waals surface area (Å²) in [6.07, 6.45) is 0.00719. The molecule has 2 aliphatic rings. The summed E-state index contributed by atoms with van der Waals surface area (Å²) in [5, 5.41) is 12.9. The van der Waals surface area contributed by atoms with Crippen molar-refractivity contribution in [3.63, 3.8) is 0 Å². The first-order chi connectivity index (χ1) is 19.5. The highest BCUT2D eigenvalue weighted by molar-refractivity contribution is 6.02. The standard InChI is InChI=1S/C31H40F3N3O4/c1-20-16-37(21(2)19-38)30(40)25-10-7-11-26(35-29(39)23-8-5-4-6-9-23)28(25)41-27(20)18-36(3)17-22-12-14-24(15-13-22)31(32,33)34/h7,10-15,20-21,23,27,38H,4-6,8-9,16-19H2,1-3H3,(H,35,39)/t20-,21-,27-/m0/s1. The van der Waals surface area contributed by atoms with Gasteiger partial charge in [-0.2, -0.15) is 13.2 Å². The topological polar surface area (TPSA) is 82.1 Å². The fourth-order valence-electron chi connectivity index (χ4n) is 5.64. The zero-order valence-electron chi connectivity index (χ0n) is 23.9. The van der Waals surface area contributed by atoms with E-state index in [1.165, 1.54) is 12.1 Å². The molecule has 0 saturated heterocycles. The summed E-state index contributed by atoms with van der Waals surface area (Å²) in [6, 6.07) is 9.80. The van der Waals surface area contributed by atoms with Crippen molar-refractivity contribution in [3.8, 4) is 5.75 Å². The second-order valence-corrected chi connectivity index (χ2v) is 11.5. The van der Waals surface area contributed by atoms with Crippen molar-refractivity contribution in [2.24, 2.45) is 11.8 Å². The Bertz CT molecular complexity index is 1200. The molecular formula is C31H40F3N3O4. The number of nitrogens with zero attached hydrogens (tertiary/aromatic N) is 2. The molecule has 224 valence electrons. The van der Waals surface area contributed by atoms with Gasteiger partial charge in [-0.3, -0.25) is 14.5 Å². The lowest BCUT2D eigenvalue weighted by molar-refractivity contribution is -0.137. The zero-order chi connectivity index (χ0) is 29.7. The van der Waals surface area contributed by atoms with Crippen LogP contribution in [0.4, 0.5) is 18.9 Å². The number of rotatable bonds is 8. The Kier molecular flexibility index (Phi) is 9.96. The van der Waals surface area contributed by atoms with E-state index in [0.29, 0.717) is 36.6 Å². The van der Waals surface area contributed by atoms with Gasteiger partial charge in [-0.25, -0.2) is 0 Å². The number of carbonyl (C=O) groups excluding carboxylic acids is 2. The summed E-state index contributed by atoms with van der Waals surface area (Å²) >= 11 is 0. The molecule has 0 radical (unpaired) electrons. The summed E-state index contributed by atoms with van der Waals surface area (Å²) in [6.45, 7) is 4.71. The van der Waals surface area contributed by atoms with Crippen LogP contribution in [0, 0.1) is 11.8 Å². The number of hydrogen-bond donors (Lipinski definition) is 2. The number of fused-ring (bicyclic) bond motifs is 1. The van der Waals surface area contributed by atoms with Gasteiger partial charge in [0.2, 0.25) is 5.91 Å². The van der Waals surface area contributed by atoms with Gasteiger partial charge in [0.25, 0.3) is 5.91 Å². The average Bonchev–Trinajstić information content (AvgIpc) is 2.95. The highest BCUT2D eigenvalue weighted by Crippen LogP contribution is 2.36. The lowest BCUT2D eigenvalue weighted by atomic mass is 9.88. The van der Waals surface area contributed by atoms with Crippen molar-refractivity contribution in [2.45, 2.75) is 70.8 Å². The van der Waals surface area contributed by atoms with E-state index in [1.54, 1.807) is 30.0 Å². The van der Waals surface area contributed by atoms with Gasteiger partial charge in [0, 0.05) is 31.5 Å². The number of ether oxygens (including phenoxy) is 1. The third-order valence-electron chi connectivity index (χ3n) is 8.15. The monoisotopic (exact) mass is 575 g/mol. The van der Waals surface area contributed by atoms with Crippen LogP contribution in [0.15, 0.2) is 42.5 Å². The predicted molar refractivity (Wildman–Crippen MR) is 151 cm³/mol. The molecule has 7 nitrogen and oxygen atoms in total. The maximum Gasteiger partial charge on any atom is 0.416 e. The Balaban J connectivity index is 1.60. The van der Waals surface area contributed by atoms with Crippen molar-refractivity contribution in [3.05, 3.63) is 59.2 Å². The minimum absolute atomic E-state index is 0.0826. The molecule has 1 aliphatic heterocycles. The minimum Gasteiger partial charge on any atom is -0.486 e. The van der Waals surface area contributed by atoms with Crippen molar-refractivity contribution in [1.29, 1.82) is 0 Å². The molecule has 1 saturated carbocycles. The number of amides is 2. The molecule has 2 aromatic rings. The van der Waals surface area contributed by atoms with Crippen LogP contribution in [0.5, 0.6) is 5.75 Å². The van der Waals surface area contributed by atoms with Crippen LogP contribution in [0.2, 0.25) is 0 Å². The number of aliphatic hydroxyl groups excluding tert-OH is 1. The average molecular weight is 576 g/mol.